The number of hydrogen-bond donors (Lipinski definition) is 0. The summed E-state index contributed by atoms with van der Waals surface area (Å²) >= 11 is 3.74. The summed E-state index contributed by atoms with van der Waals surface area (Å²) in [5, 5.41) is 6.48. The lowest BCUT2D eigenvalue weighted by Crippen LogP contribution is -2.05. The summed E-state index contributed by atoms with van der Waals surface area (Å²) in [4.78, 5) is 12.4. The summed E-state index contributed by atoms with van der Waals surface area (Å²) in [6.45, 7) is 2.13. The lowest BCUT2D eigenvalue weighted by atomic mass is 10.0. The predicted molar refractivity (Wildman–Crippen MR) is 102 cm³/mol. The van der Waals surface area contributed by atoms with Crippen LogP contribution >= 0.6 is 15.9 Å². The van der Waals surface area contributed by atoms with Gasteiger partial charge in [-0.05, 0) is 22.9 Å². The molecule has 4 rings (SSSR count). The Hall–Kier alpha value is -2.66. The maximum absolute atomic E-state index is 12.4. The number of ether oxygens (including phenoxy) is 1. The Bertz CT molecular complexity index is 1090. The fraction of sp³-hybridized carbons (Fsp3) is 0.100. The van der Waals surface area contributed by atoms with Gasteiger partial charge in [-0.3, -0.25) is 0 Å². The van der Waals surface area contributed by atoms with Gasteiger partial charge >= 0.3 is 5.97 Å². The summed E-state index contributed by atoms with van der Waals surface area (Å²) in [6, 6.07) is 18.0. The normalized spacial score (nSPS) is 11.1. The minimum absolute atomic E-state index is 0.330. The number of carbonyl (C=O) groups is 1. The Labute approximate surface area is 153 Å². The van der Waals surface area contributed by atoms with Crippen molar-refractivity contribution in [2.45, 2.75) is 6.92 Å². The van der Waals surface area contributed by atoms with Gasteiger partial charge in [0.05, 0.1) is 28.5 Å². The minimum atomic E-state index is -0.357. The number of pyridine rings is 1. The number of esters is 1. The molecule has 0 fully saturated rings. The highest BCUT2D eigenvalue weighted by Crippen LogP contribution is 2.37. The van der Waals surface area contributed by atoms with Gasteiger partial charge in [-0.1, -0.05) is 54.6 Å². The molecule has 4 nitrogen and oxygen atoms in total. The SMILES string of the molecule is CCOC(=O)c1cnn2c(-c3ccccc3)c(Br)c3ccccc3c12. The quantitative estimate of drug-likeness (QED) is 0.454. The van der Waals surface area contributed by atoms with Crippen LogP contribution < -0.4 is 0 Å². The van der Waals surface area contributed by atoms with E-state index in [0.29, 0.717) is 12.2 Å². The maximum Gasteiger partial charge on any atom is 0.342 e. The second kappa shape index (κ2) is 6.33. The average molecular weight is 395 g/mol. The van der Waals surface area contributed by atoms with Crippen LogP contribution in [0.3, 0.4) is 0 Å². The minimum Gasteiger partial charge on any atom is -0.462 e. The van der Waals surface area contributed by atoms with Crippen LogP contribution in [-0.4, -0.2) is 22.2 Å². The summed E-state index contributed by atoms with van der Waals surface area (Å²) in [6.07, 6.45) is 1.58. The molecular formula is C20H15BrN2O2. The van der Waals surface area contributed by atoms with Crippen LogP contribution in [0.5, 0.6) is 0 Å². The molecule has 124 valence electrons. The molecule has 0 aliphatic carbocycles. The lowest BCUT2D eigenvalue weighted by molar-refractivity contribution is 0.0528. The number of nitrogens with zero attached hydrogens (tertiary/aromatic N) is 2. The fourth-order valence-corrected chi connectivity index (χ4v) is 3.82. The molecular weight excluding hydrogens is 380 g/mol. The van der Waals surface area contributed by atoms with E-state index in [9.17, 15) is 4.79 Å². The first kappa shape index (κ1) is 15.8. The van der Waals surface area contributed by atoms with E-state index in [4.69, 9.17) is 4.74 Å². The standard InChI is InChI=1S/C20H15BrN2O2/c1-2-25-20(24)16-12-22-23-18(13-8-4-3-5-9-13)17(21)14-10-6-7-11-15(14)19(16)23/h3-12H,2H2,1H3. The lowest BCUT2D eigenvalue weighted by Gasteiger charge is -2.13. The van der Waals surface area contributed by atoms with Gasteiger partial charge in [-0.2, -0.15) is 5.10 Å². The monoisotopic (exact) mass is 394 g/mol. The summed E-state index contributed by atoms with van der Waals surface area (Å²) in [5.41, 5.74) is 3.16. The van der Waals surface area contributed by atoms with E-state index in [2.05, 4.69) is 21.0 Å². The van der Waals surface area contributed by atoms with Gasteiger partial charge in [0.1, 0.15) is 5.56 Å². The largest absolute Gasteiger partial charge is 0.462 e. The molecule has 0 spiro atoms. The highest BCUT2D eigenvalue weighted by atomic mass is 79.9. The molecule has 0 saturated heterocycles. The van der Waals surface area contributed by atoms with Crippen molar-refractivity contribution in [2.75, 3.05) is 6.61 Å². The Morgan fingerprint density at radius 1 is 1.08 bits per heavy atom. The third-order valence-electron chi connectivity index (χ3n) is 4.15. The fourth-order valence-electron chi connectivity index (χ4n) is 3.08. The van der Waals surface area contributed by atoms with E-state index >= 15 is 0 Å². The third-order valence-corrected chi connectivity index (χ3v) is 4.95. The van der Waals surface area contributed by atoms with Gasteiger partial charge in [0.15, 0.2) is 0 Å². The van der Waals surface area contributed by atoms with Crippen LogP contribution in [0.1, 0.15) is 17.3 Å². The molecule has 2 aromatic heterocycles. The zero-order valence-electron chi connectivity index (χ0n) is 13.6. The smallest absolute Gasteiger partial charge is 0.342 e. The molecule has 0 unspecified atom stereocenters. The van der Waals surface area contributed by atoms with E-state index < -0.39 is 0 Å². The van der Waals surface area contributed by atoms with Crippen LogP contribution in [0.25, 0.3) is 27.5 Å². The Balaban J connectivity index is 2.15. The zero-order chi connectivity index (χ0) is 17.4. The Kier molecular flexibility index (Phi) is 4.01. The first-order chi connectivity index (χ1) is 12.2. The van der Waals surface area contributed by atoms with E-state index in [1.165, 1.54) is 0 Å². The number of rotatable bonds is 3. The van der Waals surface area contributed by atoms with Crippen LogP contribution in [0.2, 0.25) is 0 Å². The molecule has 4 aromatic rings. The van der Waals surface area contributed by atoms with Crippen molar-refractivity contribution < 1.29 is 9.53 Å². The predicted octanol–water partition coefficient (Wildman–Crippen LogP) is 5.09. The summed E-state index contributed by atoms with van der Waals surface area (Å²) in [5.74, 6) is -0.357. The number of halogens is 1. The van der Waals surface area contributed by atoms with Gasteiger partial charge in [-0.25, -0.2) is 9.31 Å². The van der Waals surface area contributed by atoms with Gasteiger partial charge in [0, 0.05) is 16.3 Å². The highest BCUT2D eigenvalue weighted by Gasteiger charge is 2.21. The van der Waals surface area contributed by atoms with Crippen molar-refractivity contribution in [1.29, 1.82) is 0 Å². The molecule has 0 saturated carbocycles. The van der Waals surface area contributed by atoms with Crippen molar-refractivity contribution in [1.82, 2.24) is 9.61 Å². The molecule has 0 bridgehead atoms. The first-order valence-electron chi connectivity index (χ1n) is 8.03. The first-order valence-corrected chi connectivity index (χ1v) is 8.82. The van der Waals surface area contributed by atoms with E-state index in [0.717, 1.165) is 32.0 Å². The molecule has 5 heteroatoms. The molecule has 25 heavy (non-hydrogen) atoms. The van der Waals surface area contributed by atoms with E-state index in [1.807, 2.05) is 59.1 Å². The maximum atomic E-state index is 12.4. The average Bonchev–Trinajstić information content (AvgIpc) is 3.08. The van der Waals surface area contributed by atoms with Crippen LogP contribution in [0, 0.1) is 0 Å². The van der Waals surface area contributed by atoms with Crippen LogP contribution in [-0.2, 0) is 4.74 Å². The molecule has 0 aliphatic heterocycles. The van der Waals surface area contributed by atoms with Gasteiger partial charge in [0.25, 0.3) is 0 Å². The van der Waals surface area contributed by atoms with Gasteiger partial charge < -0.3 is 4.74 Å². The Morgan fingerprint density at radius 2 is 1.76 bits per heavy atom. The highest BCUT2D eigenvalue weighted by molar-refractivity contribution is 9.10. The third kappa shape index (κ3) is 2.51. The summed E-state index contributed by atoms with van der Waals surface area (Å²) < 4.78 is 7.97. The topological polar surface area (TPSA) is 43.6 Å². The van der Waals surface area contributed by atoms with Crippen molar-refractivity contribution in [3.05, 3.63) is 70.8 Å². The van der Waals surface area contributed by atoms with Crippen LogP contribution in [0.15, 0.2) is 65.3 Å². The second-order valence-corrected chi connectivity index (χ2v) is 6.41. The molecule has 0 radical (unpaired) electrons. The van der Waals surface area contributed by atoms with Crippen molar-refractivity contribution in [2.24, 2.45) is 0 Å². The molecule has 2 heterocycles. The van der Waals surface area contributed by atoms with Gasteiger partial charge in [-0.15, -0.1) is 0 Å². The molecule has 2 aromatic carbocycles. The van der Waals surface area contributed by atoms with Crippen molar-refractivity contribution in [3.8, 4) is 11.3 Å². The second-order valence-electron chi connectivity index (χ2n) is 5.61. The number of aromatic nitrogens is 2. The Morgan fingerprint density at radius 3 is 2.48 bits per heavy atom. The number of hydrogen-bond acceptors (Lipinski definition) is 3. The number of benzene rings is 2. The zero-order valence-corrected chi connectivity index (χ0v) is 15.2. The summed E-state index contributed by atoms with van der Waals surface area (Å²) in [7, 11) is 0. The molecule has 0 N–H and O–H groups in total. The van der Waals surface area contributed by atoms with Crippen LogP contribution in [0.4, 0.5) is 0 Å². The van der Waals surface area contributed by atoms with Crippen molar-refractivity contribution >= 4 is 38.2 Å². The number of carbonyl (C=O) groups excluding carboxylic acids is 1. The van der Waals surface area contributed by atoms with Gasteiger partial charge in [0.2, 0.25) is 0 Å². The molecule has 0 amide bonds. The number of fused-ring (bicyclic) bond motifs is 3. The van der Waals surface area contributed by atoms with Crippen molar-refractivity contribution in [3.63, 3.8) is 0 Å². The van der Waals surface area contributed by atoms with E-state index in [1.54, 1.807) is 13.1 Å². The molecule has 0 aliphatic rings. The molecule has 0 atom stereocenters. The van der Waals surface area contributed by atoms with E-state index in [-0.39, 0.29) is 5.97 Å².